The molecule has 0 saturated carbocycles. The van der Waals surface area contributed by atoms with Crippen molar-refractivity contribution in [3.8, 4) is 0 Å². The van der Waals surface area contributed by atoms with Gasteiger partial charge >= 0.3 is 5.97 Å². The summed E-state index contributed by atoms with van der Waals surface area (Å²) in [5, 5.41) is 4.71. The lowest BCUT2D eigenvalue weighted by Crippen LogP contribution is -2.30. The first-order valence-electron chi connectivity index (χ1n) is 9.56. The minimum atomic E-state index is -0.602. The molecule has 30 heavy (non-hydrogen) atoms. The maximum Gasteiger partial charge on any atom is 0.331 e. The lowest BCUT2D eigenvalue weighted by atomic mass is 10.1. The van der Waals surface area contributed by atoms with Crippen molar-refractivity contribution in [3.63, 3.8) is 0 Å². The van der Waals surface area contributed by atoms with E-state index in [0.29, 0.717) is 5.76 Å². The van der Waals surface area contributed by atoms with Crippen LogP contribution in [0.3, 0.4) is 0 Å². The van der Waals surface area contributed by atoms with Crippen LogP contribution in [0.2, 0.25) is 0 Å². The smallest absolute Gasteiger partial charge is 0.331 e. The number of para-hydroxylation sites is 2. The number of hydrogen-bond donors (Lipinski definition) is 1. The fourth-order valence-corrected chi connectivity index (χ4v) is 3.17. The normalized spacial score (nSPS) is 12.3. The van der Waals surface area contributed by atoms with Gasteiger partial charge in [-0.15, -0.1) is 0 Å². The Kier molecular flexibility index (Phi) is 5.57. The number of rotatable bonds is 6. The summed E-state index contributed by atoms with van der Waals surface area (Å²) in [6.07, 6.45) is 4.62. The number of amides is 1. The van der Waals surface area contributed by atoms with Crippen LogP contribution in [-0.4, -0.2) is 23.5 Å². The molecule has 1 N–H and O–H groups in total. The molecule has 0 saturated heterocycles. The van der Waals surface area contributed by atoms with Crippen molar-refractivity contribution >= 4 is 39.8 Å². The van der Waals surface area contributed by atoms with Crippen LogP contribution in [-0.2, 0) is 14.3 Å². The highest BCUT2D eigenvalue weighted by Crippen LogP contribution is 2.23. The number of nitrogens with one attached hydrogen (secondary N) is 1. The molecule has 0 bridgehead atoms. The summed E-state index contributed by atoms with van der Waals surface area (Å²) in [5.41, 5.74) is 2.35. The Morgan fingerprint density at radius 3 is 2.77 bits per heavy atom. The van der Waals surface area contributed by atoms with Crippen LogP contribution in [0.5, 0.6) is 0 Å². The number of fused-ring (bicyclic) bond motifs is 2. The van der Waals surface area contributed by atoms with E-state index < -0.39 is 11.9 Å². The minimum absolute atomic E-state index is 0.346. The highest BCUT2D eigenvalue weighted by atomic mass is 16.5. The molecule has 2 aromatic heterocycles. The molecule has 0 fully saturated rings. The van der Waals surface area contributed by atoms with Gasteiger partial charge in [0.05, 0.1) is 11.6 Å². The van der Waals surface area contributed by atoms with Gasteiger partial charge in [0, 0.05) is 28.6 Å². The average molecular weight is 400 g/mol. The third-order valence-electron chi connectivity index (χ3n) is 4.66. The number of nitrogens with zero attached hydrogens (tertiary/aromatic N) is 1. The Balaban J connectivity index is 1.32. The molecule has 6 heteroatoms. The molecule has 0 aliphatic rings. The first-order valence-corrected chi connectivity index (χ1v) is 9.56. The van der Waals surface area contributed by atoms with E-state index >= 15 is 0 Å². The van der Waals surface area contributed by atoms with Crippen LogP contribution in [0.1, 0.15) is 24.3 Å². The molecule has 1 amide bonds. The maximum atomic E-state index is 12.1. The second-order valence-electron chi connectivity index (χ2n) is 6.84. The van der Waals surface area contributed by atoms with Crippen molar-refractivity contribution in [1.82, 2.24) is 10.3 Å². The predicted molar refractivity (Wildman–Crippen MR) is 115 cm³/mol. The van der Waals surface area contributed by atoms with E-state index in [-0.39, 0.29) is 12.6 Å². The summed E-state index contributed by atoms with van der Waals surface area (Å²) in [6, 6.07) is 18.7. The molecular weight excluding hydrogens is 380 g/mol. The number of pyridine rings is 1. The van der Waals surface area contributed by atoms with Gasteiger partial charge in [-0.2, -0.15) is 0 Å². The largest absolute Gasteiger partial charge is 0.459 e. The zero-order valence-corrected chi connectivity index (χ0v) is 16.4. The second-order valence-corrected chi connectivity index (χ2v) is 6.84. The molecule has 6 nitrogen and oxygen atoms in total. The zero-order chi connectivity index (χ0) is 20.9. The molecule has 0 aliphatic carbocycles. The summed E-state index contributed by atoms with van der Waals surface area (Å²) in [5.74, 6) is -0.370. The molecule has 0 aliphatic heterocycles. The van der Waals surface area contributed by atoms with E-state index in [1.807, 2.05) is 67.6 Å². The SMILES string of the molecule is CC(NC(=O)COC(=O)/C=C/c1cccc2cccnc12)c1cc2ccccc2o1. The number of hydrogen-bond acceptors (Lipinski definition) is 5. The fraction of sp³-hybridized carbons (Fsp3) is 0.125. The number of carbonyl (C=O) groups is 2. The summed E-state index contributed by atoms with van der Waals surface area (Å²) in [6.45, 7) is 1.44. The van der Waals surface area contributed by atoms with Gasteiger partial charge in [0.2, 0.25) is 0 Å². The summed E-state index contributed by atoms with van der Waals surface area (Å²) >= 11 is 0. The molecule has 1 unspecified atom stereocenters. The van der Waals surface area contributed by atoms with Crippen LogP contribution in [0.4, 0.5) is 0 Å². The summed E-state index contributed by atoms with van der Waals surface area (Å²) in [4.78, 5) is 28.5. The van der Waals surface area contributed by atoms with Crippen LogP contribution >= 0.6 is 0 Å². The van der Waals surface area contributed by atoms with Gasteiger partial charge in [0.25, 0.3) is 5.91 Å². The molecule has 2 aromatic carbocycles. The highest BCUT2D eigenvalue weighted by Gasteiger charge is 2.15. The first kappa shape index (κ1) is 19.4. The topological polar surface area (TPSA) is 81.4 Å². The van der Waals surface area contributed by atoms with Crippen LogP contribution < -0.4 is 5.32 Å². The second kappa shape index (κ2) is 8.61. The molecule has 150 valence electrons. The number of benzene rings is 2. The van der Waals surface area contributed by atoms with Crippen LogP contribution in [0.15, 0.2) is 77.4 Å². The van der Waals surface area contributed by atoms with Crippen molar-refractivity contribution in [2.24, 2.45) is 0 Å². The Morgan fingerprint density at radius 1 is 1.10 bits per heavy atom. The molecule has 0 spiro atoms. The standard InChI is InChI=1S/C24H20N2O4/c1-16(21-14-19-6-2-3-10-20(19)30-21)26-22(27)15-29-23(28)12-11-18-8-4-7-17-9-5-13-25-24(17)18/h2-14,16H,15H2,1H3,(H,26,27)/b12-11+. The lowest BCUT2D eigenvalue weighted by molar-refractivity contribution is -0.144. The molecule has 1 atom stereocenters. The molecular formula is C24H20N2O4. The number of esters is 1. The van der Waals surface area contributed by atoms with Crippen LogP contribution in [0.25, 0.3) is 27.9 Å². The Bertz CT molecular complexity index is 1200. The average Bonchev–Trinajstić information content (AvgIpc) is 3.21. The number of furan rings is 1. The summed E-state index contributed by atoms with van der Waals surface area (Å²) < 4.78 is 10.8. The lowest BCUT2D eigenvalue weighted by Gasteiger charge is -2.11. The number of carbonyl (C=O) groups excluding carboxylic acids is 2. The van der Waals surface area contributed by atoms with Gasteiger partial charge in [-0.05, 0) is 31.2 Å². The van der Waals surface area contributed by atoms with Crippen LogP contribution in [0, 0.1) is 0 Å². The van der Waals surface area contributed by atoms with Crippen molar-refractivity contribution in [3.05, 3.63) is 84.3 Å². The Morgan fingerprint density at radius 2 is 1.90 bits per heavy atom. The van der Waals surface area contributed by atoms with Crippen molar-refractivity contribution in [2.75, 3.05) is 6.61 Å². The van der Waals surface area contributed by atoms with E-state index in [0.717, 1.165) is 27.4 Å². The Labute approximate surface area is 173 Å². The monoisotopic (exact) mass is 400 g/mol. The highest BCUT2D eigenvalue weighted by molar-refractivity contribution is 5.93. The van der Waals surface area contributed by atoms with E-state index in [9.17, 15) is 9.59 Å². The fourth-order valence-electron chi connectivity index (χ4n) is 3.17. The maximum absolute atomic E-state index is 12.1. The quantitative estimate of drug-likeness (QED) is 0.383. The molecule has 0 radical (unpaired) electrons. The van der Waals surface area contributed by atoms with Crippen molar-refractivity contribution in [2.45, 2.75) is 13.0 Å². The first-order chi connectivity index (χ1) is 14.6. The van der Waals surface area contributed by atoms with E-state index in [1.165, 1.54) is 6.08 Å². The molecule has 4 rings (SSSR count). The van der Waals surface area contributed by atoms with E-state index in [1.54, 1.807) is 12.3 Å². The van der Waals surface area contributed by atoms with E-state index in [2.05, 4.69) is 10.3 Å². The third-order valence-corrected chi connectivity index (χ3v) is 4.66. The van der Waals surface area contributed by atoms with Gasteiger partial charge in [0.1, 0.15) is 11.3 Å². The number of aromatic nitrogens is 1. The van der Waals surface area contributed by atoms with Gasteiger partial charge < -0.3 is 14.5 Å². The minimum Gasteiger partial charge on any atom is -0.459 e. The third kappa shape index (κ3) is 4.38. The predicted octanol–water partition coefficient (Wildman–Crippen LogP) is 4.41. The van der Waals surface area contributed by atoms with Gasteiger partial charge in [-0.25, -0.2) is 4.79 Å². The Hall–Kier alpha value is -3.93. The van der Waals surface area contributed by atoms with Crippen molar-refractivity contribution < 1.29 is 18.7 Å². The summed E-state index contributed by atoms with van der Waals surface area (Å²) in [7, 11) is 0. The van der Waals surface area contributed by atoms with Gasteiger partial charge in [-0.3, -0.25) is 9.78 Å². The number of ether oxygens (including phenoxy) is 1. The van der Waals surface area contributed by atoms with Gasteiger partial charge in [0.15, 0.2) is 6.61 Å². The zero-order valence-electron chi connectivity index (χ0n) is 16.4. The van der Waals surface area contributed by atoms with Crippen molar-refractivity contribution in [1.29, 1.82) is 0 Å². The molecule has 2 heterocycles. The molecule has 4 aromatic rings. The van der Waals surface area contributed by atoms with Gasteiger partial charge in [-0.1, -0.05) is 42.5 Å². The van der Waals surface area contributed by atoms with E-state index in [4.69, 9.17) is 9.15 Å².